The Labute approximate surface area is 122 Å². The summed E-state index contributed by atoms with van der Waals surface area (Å²) in [5.74, 6) is -0.285. The number of nitrogens with zero attached hydrogens (tertiary/aromatic N) is 1. The van der Waals surface area contributed by atoms with E-state index in [1.54, 1.807) is 18.2 Å². The van der Waals surface area contributed by atoms with Crippen LogP contribution < -0.4 is 5.32 Å². The number of rotatable bonds is 4. The van der Waals surface area contributed by atoms with Gasteiger partial charge in [-0.2, -0.15) is 0 Å². The molecule has 5 heteroatoms. The van der Waals surface area contributed by atoms with E-state index in [0.717, 1.165) is 5.56 Å². The van der Waals surface area contributed by atoms with Gasteiger partial charge in [0.05, 0.1) is 4.92 Å². The van der Waals surface area contributed by atoms with Gasteiger partial charge in [-0.25, -0.2) is 0 Å². The number of amides is 1. The van der Waals surface area contributed by atoms with Gasteiger partial charge in [-0.3, -0.25) is 14.9 Å². The van der Waals surface area contributed by atoms with Crippen LogP contribution >= 0.6 is 0 Å². The summed E-state index contributed by atoms with van der Waals surface area (Å²) in [6.07, 6.45) is 2.89. The maximum Gasteiger partial charge on any atom is 0.270 e. The summed E-state index contributed by atoms with van der Waals surface area (Å²) in [7, 11) is 0. The van der Waals surface area contributed by atoms with Crippen LogP contribution in [-0.4, -0.2) is 10.8 Å². The monoisotopic (exact) mass is 282 g/mol. The van der Waals surface area contributed by atoms with Gasteiger partial charge in [-0.05, 0) is 36.3 Å². The molecule has 0 heterocycles. The Morgan fingerprint density at radius 3 is 2.67 bits per heavy atom. The SMILES string of the molecule is Cc1cccc(NC(=O)C=Cc2cccc([N+](=O)[O-])c2)c1. The molecule has 0 aliphatic heterocycles. The molecule has 2 aromatic rings. The lowest BCUT2D eigenvalue weighted by Gasteiger charge is -2.02. The molecule has 0 aliphatic carbocycles. The normalized spacial score (nSPS) is 10.5. The molecule has 5 nitrogen and oxygen atoms in total. The topological polar surface area (TPSA) is 72.2 Å². The lowest BCUT2D eigenvalue weighted by molar-refractivity contribution is -0.384. The molecule has 0 unspecified atom stereocenters. The van der Waals surface area contributed by atoms with Crippen LogP contribution in [0.4, 0.5) is 11.4 Å². The molecule has 0 saturated heterocycles. The molecule has 0 atom stereocenters. The summed E-state index contributed by atoms with van der Waals surface area (Å²) in [5.41, 5.74) is 2.36. The first-order chi connectivity index (χ1) is 10.0. The molecule has 21 heavy (non-hydrogen) atoms. The zero-order valence-electron chi connectivity index (χ0n) is 11.4. The molecular formula is C16H14N2O3. The van der Waals surface area contributed by atoms with Gasteiger partial charge in [-0.15, -0.1) is 0 Å². The predicted molar refractivity (Wildman–Crippen MR) is 81.9 cm³/mol. The second-order valence-electron chi connectivity index (χ2n) is 4.54. The highest BCUT2D eigenvalue weighted by atomic mass is 16.6. The first-order valence-corrected chi connectivity index (χ1v) is 6.35. The highest BCUT2D eigenvalue weighted by Gasteiger charge is 2.04. The van der Waals surface area contributed by atoms with Crippen molar-refractivity contribution in [1.82, 2.24) is 0 Å². The van der Waals surface area contributed by atoms with Crippen molar-refractivity contribution in [2.24, 2.45) is 0 Å². The van der Waals surface area contributed by atoms with E-state index in [1.165, 1.54) is 24.3 Å². The summed E-state index contributed by atoms with van der Waals surface area (Å²) >= 11 is 0. The lowest BCUT2D eigenvalue weighted by atomic mass is 10.2. The minimum absolute atomic E-state index is 0.00348. The van der Waals surface area contributed by atoms with Crippen LogP contribution in [0, 0.1) is 17.0 Å². The number of aryl methyl sites for hydroxylation is 1. The van der Waals surface area contributed by atoms with Crippen molar-refractivity contribution in [2.45, 2.75) is 6.92 Å². The fraction of sp³-hybridized carbons (Fsp3) is 0.0625. The van der Waals surface area contributed by atoms with E-state index >= 15 is 0 Å². The zero-order chi connectivity index (χ0) is 15.2. The molecule has 0 fully saturated rings. The summed E-state index contributed by atoms with van der Waals surface area (Å²) < 4.78 is 0. The standard InChI is InChI=1S/C16H14N2O3/c1-12-4-2-6-14(10-12)17-16(19)9-8-13-5-3-7-15(11-13)18(20)21/h2-11H,1H3,(H,17,19). The van der Waals surface area contributed by atoms with Gasteiger partial charge >= 0.3 is 0 Å². The number of nitrogens with one attached hydrogen (secondary N) is 1. The molecule has 106 valence electrons. The largest absolute Gasteiger partial charge is 0.323 e. The number of carbonyl (C=O) groups is 1. The van der Waals surface area contributed by atoms with Crippen LogP contribution in [0.3, 0.4) is 0 Å². The smallest absolute Gasteiger partial charge is 0.270 e. The van der Waals surface area contributed by atoms with E-state index in [1.807, 2.05) is 25.1 Å². The zero-order valence-corrected chi connectivity index (χ0v) is 11.4. The van der Waals surface area contributed by atoms with Crippen molar-refractivity contribution in [1.29, 1.82) is 0 Å². The first-order valence-electron chi connectivity index (χ1n) is 6.35. The molecule has 0 aliphatic rings. The third-order valence-electron chi connectivity index (χ3n) is 2.79. The number of non-ortho nitro benzene ring substituents is 1. The minimum atomic E-state index is -0.468. The van der Waals surface area contributed by atoms with Gasteiger partial charge in [-0.1, -0.05) is 24.3 Å². The number of anilines is 1. The molecule has 1 N–H and O–H groups in total. The number of nitro groups is 1. The quantitative estimate of drug-likeness (QED) is 0.529. The summed E-state index contributed by atoms with van der Waals surface area (Å²) in [6, 6.07) is 13.6. The second kappa shape index (κ2) is 6.47. The van der Waals surface area contributed by atoms with E-state index in [4.69, 9.17) is 0 Å². The third-order valence-corrected chi connectivity index (χ3v) is 2.79. The highest BCUT2D eigenvalue weighted by Crippen LogP contribution is 2.14. The number of benzene rings is 2. The number of hydrogen-bond acceptors (Lipinski definition) is 3. The number of carbonyl (C=O) groups excluding carboxylic acids is 1. The van der Waals surface area contributed by atoms with Crippen molar-refractivity contribution in [3.8, 4) is 0 Å². The summed E-state index contributed by atoms with van der Waals surface area (Å²) in [5, 5.41) is 13.4. The van der Waals surface area contributed by atoms with Gasteiger partial charge in [0.1, 0.15) is 0 Å². The van der Waals surface area contributed by atoms with Crippen LogP contribution in [-0.2, 0) is 4.79 Å². The van der Waals surface area contributed by atoms with E-state index in [-0.39, 0.29) is 11.6 Å². The van der Waals surface area contributed by atoms with Crippen LogP contribution in [0.5, 0.6) is 0 Å². The second-order valence-corrected chi connectivity index (χ2v) is 4.54. The molecule has 0 saturated carbocycles. The Bertz CT molecular complexity index is 708. The van der Waals surface area contributed by atoms with Crippen molar-refractivity contribution < 1.29 is 9.72 Å². The average Bonchev–Trinajstić information content (AvgIpc) is 2.45. The van der Waals surface area contributed by atoms with E-state index < -0.39 is 4.92 Å². The van der Waals surface area contributed by atoms with Crippen molar-refractivity contribution in [3.63, 3.8) is 0 Å². The van der Waals surface area contributed by atoms with Crippen molar-refractivity contribution in [2.75, 3.05) is 5.32 Å². The highest BCUT2D eigenvalue weighted by molar-refractivity contribution is 6.01. The molecular weight excluding hydrogens is 268 g/mol. The molecule has 0 spiro atoms. The Hall–Kier alpha value is -2.95. The Morgan fingerprint density at radius 1 is 1.19 bits per heavy atom. The minimum Gasteiger partial charge on any atom is -0.323 e. The molecule has 0 bridgehead atoms. The number of nitro benzene ring substituents is 1. The maximum absolute atomic E-state index is 11.8. The van der Waals surface area contributed by atoms with Crippen LogP contribution in [0.15, 0.2) is 54.6 Å². The molecule has 0 radical (unpaired) electrons. The Morgan fingerprint density at radius 2 is 1.95 bits per heavy atom. The summed E-state index contributed by atoms with van der Waals surface area (Å²) in [6.45, 7) is 1.94. The lowest BCUT2D eigenvalue weighted by Crippen LogP contribution is -2.07. The van der Waals surface area contributed by atoms with Gasteiger partial charge in [0, 0.05) is 23.9 Å². The van der Waals surface area contributed by atoms with Crippen LogP contribution in [0.2, 0.25) is 0 Å². The fourth-order valence-corrected chi connectivity index (χ4v) is 1.82. The summed E-state index contributed by atoms with van der Waals surface area (Å²) in [4.78, 5) is 22.0. The van der Waals surface area contributed by atoms with Gasteiger partial charge in [0.15, 0.2) is 0 Å². The van der Waals surface area contributed by atoms with Crippen molar-refractivity contribution >= 4 is 23.4 Å². The third kappa shape index (κ3) is 4.28. The fourth-order valence-electron chi connectivity index (χ4n) is 1.82. The Kier molecular flexibility index (Phi) is 4.46. The Balaban J connectivity index is 2.05. The van der Waals surface area contributed by atoms with Crippen LogP contribution in [0.25, 0.3) is 6.08 Å². The number of hydrogen-bond donors (Lipinski definition) is 1. The molecule has 0 aromatic heterocycles. The average molecular weight is 282 g/mol. The van der Waals surface area contributed by atoms with E-state index in [2.05, 4.69) is 5.32 Å². The molecule has 2 aromatic carbocycles. The van der Waals surface area contributed by atoms with Crippen LogP contribution in [0.1, 0.15) is 11.1 Å². The van der Waals surface area contributed by atoms with E-state index in [9.17, 15) is 14.9 Å². The van der Waals surface area contributed by atoms with Gasteiger partial charge < -0.3 is 5.32 Å². The molecule has 2 rings (SSSR count). The van der Waals surface area contributed by atoms with Gasteiger partial charge in [0.25, 0.3) is 5.69 Å². The molecule has 1 amide bonds. The van der Waals surface area contributed by atoms with E-state index in [0.29, 0.717) is 11.3 Å². The maximum atomic E-state index is 11.8. The first kappa shape index (κ1) is 14.5. The van der Waals surface area contributed by atoms with Gasteiger partial charge in [0.2, 0.25) is 5.91 Å². The van der Waals surface area contributed by atoms with Crippen molar-refractivity contribution in [3.05, 3.63) is 75.8 Å². The predicted octanol–water partition coefficient (Wildman–Crippen LogP) is 3.56.